The van der Waals surface area contributed by atoms with Gasteiger partial charge in [-0.25, -0.2) is 0 Å². The van der Waals surface area contributed by atoms with Crippen LogP contribution >= 0.6 is 11.6 Å². The molecule has 3 heteroatoms. The Kier molecular flexibility index (Phi) is 5.99. The molecule has 1 heterocycles. The molecule has 0 N–H and O–H groups in total. The first-order chi connectivity index (χ1) is 9.29. The van der Waals surface area contributed by atoms with Crippen LogP contribution in [0.1, 0.15) is 25.7 Å². The van der Waals surface area contributed by atoms with Crippen LogP contribution in [0.5, 0.6) is 0 Å². The third kappa shape index (κ3) is 4.70. The molecular formula is C16H24ClN2. The van der Waals surface area contributed by atoms with Crippen molar-refractivity contribution in [1.82, 2.24) is 4.90 Å². The van der Waals surface area contributed by atoms with Crippen molar-refractivity contribution >= 4 is 17.3 Å². The Hall–Kier alpha value is -0.730. The molecule has 1 aromatic rings. The lowest BCUT2D eigenvalue weighted by Gasteiger charge is -2.36. The first-order valence-electron chi connectivity index (χ1n) is 7.32. The number of piperazine rings is 1. The van der Waals surface area contributed by atoms with Crippen LogP contribution in [0, 0.1) is 6.92 Å². The first kappa shape index (κ1) is 14.7. The zero-order valence-electron chi connectivity index (χ0n) is 11.7. The quantitative estimate of drug-likeness (QED) is 0.730. The highest BCUT2D eigenvalue weighted by Gasteiger charge is 2.16. The molecule has 1 aliphatic heterocycles. The second-order valence-electron chi connectivity index (χ2n) is 5.22. The highest BCUT2D eigenvalue weighted by molar-refractivity contribution is 6.30. The molecule has 0 spiro atoms. The summed E-state index contributed by atoms with van der Waals surface area (Å²) in [6.07, 6.45) is 4.98. The molecule has 1 aromatic carbocycles. The van der Waals surface area contributed by atoms with Crippen LogP contribution in [0.3, 0.4) is 0 Å². The monoisotopic (exact) mass is 279 g/mol. The maximum Gasteiger partial charge on any atom is 0.0407 e. The average Bonchev–Trinajstić information content (AvgIpc) is 2.45. The van der Waals surface area contributed by atoms with Crippen LogP contribution in [0.4, 0.5) is 5.69 Å². The van der Waals surface area contributed by atoms with Crippen molar-refractivity contribution in [1.29, 1.82) is 0 Å². The predicted octanol–water partition coefficient (Wildman–Crippen LogP) is 3.86. The van der Waals surface area contributed by atoms with Gasteiger partial charge in [-0.15, -0.1) is 0 Å². The lowest BCUT2D eigenvalue weighted by molar-refractivity contribution is 0.252. The van der Waals surface area contributed by atoms with Crippen LogP contribution in [-0.4, -0.2) is 37.6 Å². The average molecular weight is 280 g/mol. The lowest BCUT2D eigenvalue weighted by Crippen LogP contribution is -2.46. The summed E-state index contributed by atoms with van der Waals surface area (Å²) < 4.78 is 0. The van der Waals surface area contributed by atoms with Crippen molar-refractivity contribution < 1.29 is 0 Å². The summed E-state index contributed by atoms with van der Waals surface area (Å²) in [5.74, 6) is 0. The number of halogens is 1. The van der Waals surface area contributed by atoms with Crippen molar-refractivity contribution in [2.45, 2.75) is 25.7 Å². The van der Waals surface area contributed by atoms with E-state index in [-0.39, 0.29) is 0 Å². The third-order valence-corrected chi connectivity index (χ3v) is 4.04. The first-order valence-corrected chi connectivity index (χ1v) is 7.69. The molecular weight excluding hydrogens is 256 g/mol. The van der Waals surface area contributed by atoms with Gasteiger partial charge < -0.3 is 4.90 Å². The summed E-state index contributed by atoms with van der Waals surface area (Å²) in [5, 5.41) is 0.813. The molecule has 0 aliphatic carbocycles. The Balaban J connectivity index is 1.71. The van der Waals surface area contributed by atoms with Gasteiger partial charge in [0.25, 0.3) is 0 Å². The second kappa shape index (κ2) is 7.76. The predicted molar refractivity (Wildman–Crippen MR) is 83.9 cm³/mol. The SMILES string of the molecule is [CH2]CCCCCN1CCN(c2ccc(Cl)cc2)CC1. The number of rotatable bonds is 6. The topological polar surface area (TPSA) is 6.48 Å². The fraction of sp³-hybridized carbons (Fsp3) is 0.562. The molecule has 0 amide bonds. The van der Waals surface area contributed by atoms with E-state index in [1.807, 2.05) is 12.1 Å². The molecule has 0 aromatic heterocycles. The van der Waals surface area contributed by atoms with E-state index in [1.54, 1.807) is 0 Å². The molecule has 2 nitrogen and oxygen atoms in total. The summed E-state index contributed by atoms with van der Waals surface area (Å²) >= 11 is 5.93. The number of anilines is 1. The number of benzene rings is 1. The van der Waals surface area contributed by atoms with Gasteiger partial charge in [-0.3, -0.25) is 4.90 Å². The van der Waals surface area contributed by atoms with Crippen LogP contribution in [0.25, 0.3) is 0 Å². The molecule has 105 valence electrons. The summed E-state index contributed by atoms with van der Waals surface area (Å²) in [6.45, 7) is 9.73. The van der Waals surface area contributed by atoms with Crippen LogP contribution in [-0.2, 0) is 0 Å². The Morgan fingerprint density at radius 2 is 1.63 bits per heavy atom. The van der Waals surface area contributed by atoms with Gasteiger partial charge in [-0.05, 0) is 37.2 Å². The zero-order valence-corrected chi connectivity index (χ0v) is 12.4. The highest BCUT2D eigenvalue weighted by Crippen LogP contribution is 2.19. The minimum absolute atomic E-state index is 0.813. The number of unbranched alkanes of at least 4 members (excludes halogenated alkanes) is 3. The third-order valence-electron chi connectivity index (χ3n) is 3.79. The van der Waals surface area contributed by atoms with Gasteiger partial charge in [0.15, 0.2) is 0 Å². The molecule has 1 saturated heterocycles. The lowest BCUT2D eigenvalue weighted by atomic mass is 10.2. The van der Waals surface area contributed by atoms with Crippen LogP contribution < -0.4 is 4.90 Å². The molecule has 0 unspecified atom stereocenters. The molecule has 1 radical (unpaired) electrons. The number of hydrogen-bond acceptors (Lipinski definition) is 2. The highest BCUT2D eigenvalue weighted by atomic mass is 35.5. The Labute approximate surface area is 122 Å². The summed E-state index contributed by atoms with van der Waals surface area (Å²) in [6, 6.07) is 8.18. The van der Waals surface area contributed by atoms with Crippen molar-refractivity contribution in [3.05, 3.63) is 36.2 Å². The van der Waals surface area contributed by atoms with E-state index >= 15 is 0 Å². The van der Waals surface area contributed by atoms with E-state index in [4.69, 9.17) is 11.6 Å². The Bertz CT molecular complexity index is 356. The van der Waals surface area contributed by atoms with E-state index in [1.165, 1.54) is 44.6 Å². The van der Waals surface area contributed by atoms with E-state index in [2.05, 4.69) is 28.9 Å². The summed E-state index contributed by atoms with van der Waals surface area (Å²) in [7, 11) is 0. The van der Waals surface area contributed by atoms with Gasteiger partial charge in [0.05, 0.1) is 0 Å². The van der Waals surface area contributed by atoms with E-state index in [0.717, 1.165) is 24.5 Å². The van der Waals surface area contributed by atoms with Gasteiger partial charge in [0, 0.05) is 36.9 Å². The molecule has 0 atom stereocenters. The fourth-order valence-corrected chi connectivity index (χ4v) is 2.70. The van der Waals surface area contributed by atoms with E-state index in [0.29, 0.717) is 0 Å². The van der Waals surface area contributed by atoms with Gasteiger partial charge >= 0.3 is 0 Å². The van der Waals surface area contributed by atoms with Gasteiger partial charge in [-0.1, -0.05) is 37.8 Å². The molecule has 0 bridgehead atoms. The Morgan fingerprint density at radius 3 is 2.26 bits per heavy atom. The van der Waals surface area contributed by atoms with E-state index in [9.17, 15) is 0 Å². The minimum Gasteiger partial charge on any atom is -0.369 e. The summed E-state index contributed by atoms with van der Waals surface area (Å²) in [4.78, 5) is 5.03. The number of nitrogens with zero attached hydrogens (tertiary/aromatic N) is 2. The zero-order chi connectivity index (χ0) is 13.5. The standard InChI is InChI=1S/C16H24ClN2/c1-2-3-4-5-10-18-11-13-19(14-12-18)16-8-6-15(17)7-9-16/h6-9H,1-5,10-14H2. The molecule has 1 fully saturated rings. The molecule has 1 aliphatic rings. The molecule has 19 heavy (non-hydrogen) atoms. The summed E-state index contributed by atoms with van der Waals surface area (Å²) in [5.41, 5.74) is 1.29. The normalized spacial score (nSPS) is 16.8. The van der Waals surface area contributed by atoms with Crippen molar-refractivity contribution in [2.24, 2.45) is 0 Å². The maximum absolute atomic E-state index is 5.93. The molecule has 2 rings (SSSR count). The van der Waals surface area contributed by atoms with Crippen LogP contribution in [0.15, 0.2) is 24.3 Å². The van der Waals surface area contributed by atoms with Crippen molar-refractivity contribution in [2.75, 3.05) is 37.6 Å². The second-order valence-corrected chi connectivity index (χ2v) is 5.66. The van der Waals surface area contributed by atoms with E-state index < -0.39 is 0 Å². The number of hydrogen-bond donors (Lipinski definition) is 0. The van der Waals surface area contributed by atoms with Gasteiger partial charge in [0.2, 0.25) is 0 Å². The Morgan fingerprint density at radius 1 is 0.947 bits per heavy atom. The van der Waals surface area contributed by atoms with Crippen molar-refractivity contribution in [3.63, 3.8) is 0 Å². The van der Waals surface area contributed by atoms with Crippen molar-refractivity contribution in [3.8, 4) is 0 Å². The largest absolute Gasteiger partial charge is 0.369 e. The fourth-order valence-electron chi connectivity index (χ4n) is 2.57. The van der Waals surface area contributed by atoms with Gasteiger partial charge in [0.1, 0.15) is 0 Å². The smallest absolute Gasteiger partial charge is 0.0407 e. The maximum atomic E-state index is 5.93. The van der Waals surface area contributed by atoms with Crippen LogP contribution in [0.2, 0.25) is 5.02 Å². The van der Waals surface area contributed by atoms with Gasteiger partial charge in [-0.2, -0.15) is 0 Å². The minimum atomic E-state index is 0.813. The molecule has 0 saturated carbocycles.